The first-order chi connectivity index (χ1) is 9.91. The van der Waals surface area contributed by atoms with Crippen LogP contribution in [0, 0.1) is 6.92 Å². The largest absolute Gasteiger partial charge is 0.398 e. The SMILES string of the molecule is Cc1cc(Br)c(N)cc1S(=O)(=O)N1CCc2ccccc21. The number of halogens is 1. The maximum atomic E-state index is 12.9. The number of rotatable bonds is 2. The molecule has 0 spiro atoms. The van der Waals surface area contributed by atoms with Crippen LogP contribution in [-0.4, -0.2) is 15.0 Å². The van der Waals surface area contributed by atoms with Crippen LogP contribution in [0.2, 0.25) is 0 Å². The van der Waals surface area contributed by atoms with Gasteiger partial charge in [0.2, 0.25) is 0 Å². The van der Waals surface area contributed by atoms with Crippen molar-refractivity contribution >= 4 is 37.3 Å². The van der Waals surface area contributed by atoms with Crippen molar-refractivity contribution in [2.75, 3.05) is 16.6 Å². The van der Waals surface area contributed by atoms with E-state index >= 15 is 0 Å². The number of benzene rings is 2. The van der Waals surface area contributed by atoms with Gasteiger partial charge in [-0.15, -0.1) is 0 Å². The minimum Gasteiger partial charge on any atom is -0.398 e. The number of hydrogen-bond acceptors (Lipinski definition) is 3. The topological polar surface area (TPSA) is 63.4 Å². The summed E-state index contributed by atoms with van der Waals surface area (Å²) in [5, 5.41) is 0. The van der Waals surface area contributed by atoms with E-state index < -0.39 is 10.0 Å². The van der Waals surface area contributed by atoms with Crippen LogP contribution >= 0.6 is 15.9 Å². The highest BCUT2D eigenvalue weighted by Crippen LogP contribution is 2.35. The average Bonchev–Trinajstić information content (AvgIpc) is 2.87. The van der Waals surface area contributed by atoms with Crippen LogP contribution in [0.15, 0.2) is 45.8 Å². The Hall–Kier alpha value is -1.53. The zero-order chi connectivity index (χ0) is 15.2. The van der Waals surface area contributed by atoms with Gasteiger partial charge in [-0.1, -0.05) is 18.2 Å². The molecule has 0 unspecified atom stereocenters. The highest BCUT2D eigenvalue weighted by atomic mass is 79.9. The minimum atomic E-state index is -3.59. The van der Waals surface area contributed by atoms with Crippen molar-refractivity contribution in [1.82, 2.24) is 0 Å². The molecule has 3 rings (SSSR count). The molecule has 2 aromatic rings. The lowest BCUT2D eigenvalue weighted by atomic mass is 10.2. The Balaban J connectivity index is 2.13. The summed E-state index contributed by atoms with van der Waals surface area (Å²) >= 11 is 3.32. The molecule has 1 heterocycles. The lowest BCUT2D eigenvalue weighted by molar-refractivity contribution is 0.591. The molecule has 110 valence electrons. The molecule has 0 amide bonds. The molecule has 21 heavy (non-hydrogen) atoms. The lowest BCUT2D eigenvalue weighted by Crippen LogP contribution is -2.29. The summed E-state index contributed by atoms with van der Waals surface area (Å²) in [7, 11) is -3.59. The number of nitrogens with zero attached hydrogens (tertiary/aromatic N) is 1. The molecular formula is C15H15BrN2O2S. The number of nitrogens with two attached hydrogens (primary N) is 1. The number of sulfonamides is 1. The Morgan fingerprint density at radius 3 is 2.71 bits per heavy atom. The van der Waals surface area contributed by atoms with E-state index in [1.807, 2.05) is 24.3 Å². The number of nitrogen functional groups attached to an aromatic ring is 1. The summed E-state index contributed by atoms with van der Waals surface area (Å²) in [5.41, 5.74) is 8.77. The van der Waals surface area contributed by atoms with Crippen molar-refractivity contribution in [3.05, 3.63) is 52.0 Å². The van der Waals surface area contributed by atoms with Crippen molar-refractivity contribution in [2.24, 2.45) is 0 Å². The van der Waals surface area contributed by atoms with Gasteiger partial charge in [-0.3, -0.25) is 4.31 Å². The monoisotopic (exact) mass is 366 g/mol. The van der Waals surface area contributed by atoms with Crippen LogP contribution in [0.25, 0.3) is 0 Å². The molecule has 0 bridgehead atoms. The third-order valence-electron chi connectivity index (χ3n) is 3.71. The molecule has 0 saturated carbocycles. The molecule has 1 aliphatic rings. The fourth-order valence-corrected chi connectivity index (χ4v) is 4.83. The Kier molecular flexibility index (Phi) is 3.45. The second kappa shape index (κ2) is 5.03. The number of para-hydroxylation sites is 1. The van der Waals surface area contributed by atoms with Crippen LogP contribution < -0.4 is 10.0 Å². The maximum Gasteiger partial charge on any atom is 0.264 e. The van der Waals surface area contributed by atoms with E-state index in [9.17, 15) is 8.42 Å². The number of hydrogen-bond donors (Lipinski definition) is 1. The molecule has 2 aromatic carbocycles. The molecule has 0 aromatic heterocycles. The van der Waals surface area contributed by atoms with Crippen molar-refractivity contribution in [3.63, 3.8) is 0 Å². The van der Waals surface area contributed by atoms with E-state index in [-0.39, 0.29) is 4.90 Å². The van der Waals surface area contributed by atoms with Crippen LogP contribution in [0.3, 0.4) is 0 Å². The van der Waals surface area contributed by atoms with Gasteiger partial charge in [-0.05, 0) is 58.6 Å². The van der Waals surface area contributed by atoms with Gasteiger partial charge in [0.1, 0.15) is 0 Å². The minimum absolute atomic E-state index is 0.264. The predicted molar refractivity (Wildman–Crippen MR) is 88.0 cm³/mol. The van der Waals surface area contributed by atoms with Gasteiger partial charge < -0.3 is 5.73 Å². The van der Waals surface area contributed by atoms with Gasteiger partial charge in [-0.25, -0.2) is 8.42 Å². The molecule has 6 heteroatoms. The van der Waals surface area contributed by atoms with Crippen LogP contribution in [0.1, 0.15) is 11.1 Å². The fraction of sp³-hybridized carbons (Fsp3) is 0.200. The van der Waals surface area contributed by atoms with Crippen molar-refractivity contribution in [2.45, 2.75) is 18.2 Å². The highest BCUT2D eigenvalue weighted by molar-refractivity contribution is 9.10. The Labute approximate surface area is 132 Å². The van der Waals surface area contributed by atoms with Gasteiger partial charge in [-0.2, -0.15) is 0 Å². The standard InChI is InChI=1S/C15H15BrN2O2S/c1-10-8-12(16)13(17)9-15(10)21(19,20)18-7-6-11-4-2-3-5-14(11)18/h2-5,8-9H,6-7,17H2,1H3. The summed E-state index contributed by atoms with van der Waals surface area (Å²) in [6.07, 6.45) is 0.737. The zero-order valence-electron chi connectivity index (χ0n) is 11.5. The predicted octanol–water partition coefficient (Wildman–Crippen LogP) is 3.09. The Morgan fingerprint density at radius 1 is 1.24 bits per heavy atom. The third-order valence-corrected chi connectivity index (χ3v) is 6.35. The zero-order valence-corrected chi connectivity index (χ0v) is 13.9. The molecule has 0 fully saturated rings. The first kappa shape index (κ1) is 14.4. The van der Waals surface area contributed by atoms with Gasteiger partial charge in [0.15, 0.2) is 0 Å². The first-order valence-corrected chi connectivity index (χ1v) is 8.81. The maximum absolute atomic E-state index is 12.9. The van der Waals surface area contributed by atoms with E-state index in [0.29, 0.717) is 22.3 Å². The van der Waals surface area contributed by atoms with E-state index in [1.54, 1.807) is 13.0 Å². The van der Waals surface area contributed by atoms with E-state index in [1.165, 1.54) is 10.4 Å². The Bertz CT molecular complexity index is 818. The van der Waals surface area contributed by atoms with Crippen molar-refractivity contribution < 1.29 is 8.42 Å². The number of anilines is 2. The van der Waals surface area contributed by atoms with Crippen molar-refractivity contribution in [3.8, 4) is 0 Å². The molecule has 0 radical (unpaired) electrons. The summed E-state index contributed by atoms with van der Waals surface area (Å²) in [6, 6.07) is 10.9. The summed E-state index contributed by atoms with van der Waals surface area (Å²) in [5.74, 6) is 0. The molecular weight excluding hydrogens is 352 g/mol. The Morgan fingerprint density at radius 2 is 1.95 bits per heavy atom. The average molecular weight is 367 g/mol. The lowest BCUT2D eigenvalue weighted by Gasteiger charge is -2.21. The van der Waals surface area contributed by atoms with E-state index in [0.717, 1.165) is 17.7 Å². The van der Waals surface area contributed by atoms with E-state index in [2.05, 4.69) is 15.9 Å². The van der Waals surface area contributed by atoms with E-state index in [4.69, 9.17) is 5.73 Å². The summed E-state index contributed by atoms with van der Waals surface area (Å²) in [4.78, 5) is 0.264. The molecule has 2 N–H and O–H groups in total. The van der Waals surface area contributed by atoms with Crippen LogP contribution in [0.5, 0.6) is 0 Å². The van der Waals surface area contributed by atoms with Gasteiger partial charge in [0.25, 0.3) is 10.0 Å². The van der Waals surface area contributed by atoms with Gasteiger partial charge in [0.05, 0.1) is 10.6 Å². The molecule has 1 aliphatic heterocycles. The molecule has 0 atom stereocenters. The van der Waals surface area contributed by atoms with Crippen LogP contribution in [-0.2, 0) is 16.4 Å². The summed E-state index contributed by atoms with van der Waals surface area (Å²) < 4.78 is 28.1. The number of fused-ring (bicyclic) bond motifs is 1. The quantitative estimate of drug-likeness (QED) is 0.830. The van der Waals surface area contributed by atoms with Crippen LogP contribution in [0.4, 0.5) is 11.4 Å². The highest BCUT2D eigenvalue weighted by Gasteiger charge is 2.31. The normalized spacial score (nSPS) is 14.3. The smallest absolute Gasteiger partial charge is 0.264 e. The third kappa shape index (κ3) is 2.32. The second-order valence-corrected chi connectivity index (χ2v) is 7.78. The first-order valence-electron chi connectivity index (χ1n) is 6.57. The number of aryl methyl sites for hydroxylation is 1. The molecule has 0 saturated heterocycles. The second-order valence-electron chi connectivity index (χ2n) is 5.10. The molecule has 0 aliphatic carbocycles. The fourth-order valence-electron chi connectivity index (χ4n) is 2.62. The van der Waals surface area contributed by atoms with Crippen molar-refractivity contribution in [1.29, 1.82) is 0 Å². The van der Waals surface area contributed by atoms with Gasteiger partial charge >= 0.3 is 0 Å². The molecule has 4 nitrogen and oxygen atoms in total. The summed E-state index contributed by atoms with van der Waals surface area (Å²) in [6.45, 7) is 2.25. The van der Waals surface area contributed by atoms with Gasteiger partial charge in [0, 0.05) is 16.7 Å².